The zero-order valence-corrected chi connectivity index (χ0v) is 13.3. The number of rotatable bonds is 4. The van der Waals surface area contributed by atoms with Gasteiger partial charge in [0.2, 0.25) is 0 Å². The van der Waals surface area contributed by atoms with Gasteiger partial charge in [-0.2, -0.15) is 0 Å². The van der Waals surface area contributed by atoms with E-state index < -0.39 is 10.9 Å². The Kier molecular flexibility index (Phi) is 4.27. The summed E-state index contributed by atoms with van der Waals surface area (Å²) in [6, 6.07) is 13.4. The summed E-state index contributed by atoms with van der Waals surface area (Å²) in [5, 5.41) is 11.9. The number of carbonyl (C=O) groups excluding carboxylic acids is 1. The summed E-state index contributed by atoms with van der Waals surface area (Å²) in [6.45, 7) is -0.0505. The maximum atomic E-state index is 12.2. The lowest BCUT2D eigenvalue weighted by molar-refractivity contribution is -0.384. The molecule has 0 fully saturated rings. The number of nitrogens with zero attached hydrogens (tertiary/aromatic N) is 1. The van der Waals surface area contributed by atoms with Gasteiger partial charge >= 0.3 is 5.97 Å². The van der Waals surface area contributed by atoms with Crippen LogP contribution in [-0.4, -0.2) is 10.9 Å². The van der Waals surface area contributed by atoms with E-state index in [2.05, 4.69) is 0 Å². The zero-order valence-electron chi connectivity index (χ0n) is 11.7. The second kappa shape index (κ2) is 6.36. The van der Waals surface area contributed by atoms with Gasteiger partial charge in [0.1, 0.15) is 11.5 Å². The molecule has 2 aromatic carbocycles. The fourth-order valence-corrected chi connectivity index (χ4v) is 3.52. The van der Waals surface area contributed by atoms with Crippen LogP contribution in [0.1, 0.15) is 15.2 Å². The van der Waals surface area contributed by atoms with Gasteiger partial charge in [0.05, 0.1) is 9.95 Å². The maximum absolute atomic E-state index is 12.2. The van der Waals surface area contributed by atoms with Gasteiger partial charge in [-0.25, -0.2) is 4.79 Å². The summed E-state index contributed by atoms with van der Waals surface area (Å²) in [4.78, 5) is 22.8. The molecule has 0 radical (unpaired) electrons. The summed E-state index contributed by atoms with van der Waals surface area (Å²) < 4.78 is 6.13. The summed E-state index contributed by atoms with van der Waals surface area (Å²) in [5.41, 5.74) is 0.503. The SMILES string of the molecule is O=C(OCc1cccc([N+](=O)[O-])c1)c1sc2ccccc2c1Cl. The van der Waals surface area contributed by atoms with Crippen molar-refractivity contribution in [2.45, 2.75) is 6.61 Å². The third kappa shape index (κ3) is 3.18. The van der Waals surface area contributed by atoms with Crippen molar-refractivity contribution >= 4 is 44.7 Å². The predicted molar refractivity (Wildman–Crippen MR) is 89.1 cm³/mol. The van der Waals surface area contributed by atoms with Crippen LogP contribution in [0.4, 0.5) is 5.69 Å². The molecule has 5 nitrogen and oxygen atoms in total. The van der Waals surface area contributed by atoms with E-state index >= 15 is 0 Å². The lowest BCUT2D eigenvalue weighted by atomic mass is 10.2. The van der Waals surface area contributed by atoms with E-state index in [9.17, 15) is 14.9 Å². The Morgan fingerprint density at radius 3 is 2.74 bits per heavy atom. The lowest BCUT2D eigenvalue weighted by Crippen LogP contribution is -2.04. The topological polar surface area (TPSA) is 69.4 Å². The molecule has 0 amide bonds. The van der Waals surface area contributed by atoms with Crippen molar-refractivity contribution in [1.29, 1.82) is 0 Å². The Balaban J connectivity index is 1.77. The first kappa shape index (κ1) is 15.5. The minimum atomic E-state index is -0.539. The molecule has 0 unspecified atom stereocenters. The van der Waals surface area contributed by atoms with Crippen LogP contribution in [0, 0.1) is 10.1 Å². The first-order valence-electron chi connectivity index (χ1n) is 6.64. The number of hydrogen-bond donors (Lipinski definition) is 0. The number of nitro benzene ring substituents is 1. The summed E-state index contributed by atoms with van der Waals surface area (Å²) >= 11 is 7.48. The highest BCUT2D eigenvalue weighted by Gasteiger charge is 2.18. The fraction of sp³-hybridized carbons (Fsp3) is 0.0625. The van der Waals surface area contributed by atoms with Gasteiger partial charge in [0.25, 0.3) is 5.69 Å². The number of fused-ring (bicyclic) bond motifs is 1. The van der Waals surface area contributed by atoms with Crippen LogP contribution < -0.4 is 0 Å². The van der Waals surface area contributed by atoms with Crippen molar-refractivity contribution in [2.75, 3.05) is 0 Å². The molecule has 23 heavy (non-hydrogen) atoms. The molecule has 0 bridgehead atoms. The second-order valence-corrected chi connectivity index (χ2v) is 6.17. The molecule has 1 aromatic heterocycles. The van der Waals surface area contributed by atoms with E-state index in [4.69, 9.17) is 16.3 Å². The lowest BCUT2D eigenvalue weighted by Gasteiger charge is -2.04. The largest absolute Gasteiger partial charge is 0.457 e. The number of hydrogen-bond acceptors (Lipinski definition) is 5. The molecule has 0 aliphatic rings. The first-order chi connectivity index (χ1) is 11.1. The van der Waals surface area contributed by atoms with Gasteiger partial charge in [0.15, 0.2) is 0 Å². The average molecular weight is 348 g/mol. The van der Waals surface area contributed by atoms with Crippen molar-refractivity contribution in [3.05, 3.63) is 74.1 Å². The molecular formula is C16H10ClNO4S. The number of thiophene rings is 1. The van der Waals surface area contributed by atoms with Crippen molar-refractivity contribution < 1.29 is 14.5 Å². The maximum Gasteiger partial charge on any atom is 0.350 e. The zero-order chi connectivity index (χ0) is 16.4. The van der Waals surface area contributed by atoms with Crippen LogP contribution in [-0.2, 0) is 11.3 Å². The van der Waals surface area contributed by atoms with Gasteiger partial charge in [0, 0.05) is 22.2 Å². The Bertz CT molecular complexity index is 906. The van der Waals surface area contributed by atoms with Gasteiger partial charge < -0.3 is 4.74 Å². The fourth-order valence-electron chi connectivity index (χ4n) is 2.12. The molecule has 3 rings (SSSR count). The highest BCUT2D eigenvalue weighted by molar-refractivity contribution is 7.21. The third-order valence-electron chi connectivity index (χ3n) is 3.21. The third-order valence-corrected chi connectivity index (χ3v) is 4.87. The summed E-state index contributed by atoms with van der Waals surface area (Å²) in [6.07, 6.45) is 0. The standard InChI is InChI=1S/C16H10ClNO4S/c17-14-12-6-1-2-7-13(12)23-15(14)16(19)22-9-10-4-3-5-11(8-10)18(20)21/h1-8H,9H2. The monoisotopic (exact) mass is 347 g/mol. The van der Waals surface area contributed by atoms with E-state index in [-0.39, 0.29) is 12.3 Å². The summed E-state index contributed by atoms with van der Waals surface area (Å²) in [7, 11) is 0. The molecule has 0 saturated heterocycles. The highest BCUT2D eigenvalue weighted by Crippen LogP contribution is 2.35. The number of esters is 1. The molecule has 0 saturated carbocycles. The van der Waals surface area contributed by atoms with Crippen molar-refractivity contribution in [1.82, 2.24) is 0 Å². The molecule has 0 spiro atoms. The Morgan fingerprint density at radius 1 is 1.22 bits per heavy atom. The first-order valence-corrected chi connectivity index (χ1v) is 7.83. The molecule has 0 aliphatic carbocycles. The van der Waals surface area contributed by atoms with Crippen molar-refractivity contribution in [3.63, 3.8) is 0 Å². The van der Waals surface area contributed by atoms with E-state index in [1.807, 2.05) is 24.3 Å². The second-order valence-electron chi connectivity index (χ2n) is 4.74. The van der Waals surface area contributed by atoms with Gasteiger partial charge in [-0.05, 0) is 11.6 Å². The minimum absolute atomic E-state index is 0.0431. The van der Waals surface area contributed by atoms with E-state index in [0.29, 0.717) is 15.5 Å². The van der Waals surface area contributed by atoms with E-state index in [1.54, 1.807) is 12.1 Å². The molecule has 3 aromatic rings. The van der Waals surface area contributed by atoms with E-state index in [0.717, 1.165) is 10.1 Å². The average Bonchev–Trinajstić information content (AvgIpc) is 2.90. The molecule has 0 atom stereocenters. The minimum Gasteiger partial charge on any atom is -0.457 e. The molecule has 116 valence electrons. The van der Waals surface area contributed by atoms with Crippen molar-refractivity contribution in [3.8, 4) is 0 Å². The van der Waals surface area contributed by atoms with Crippen LogP contribution in [0.2, 0.25) is 5.02 Å². The smallest absolute Gasteiger partial charge is 0.350 e. The highest BCUT2D eigenvalue weighted by atomic mass is 35.5. The molecule has 0 N–H and O–H groups in total. The number of non-ortho nitro benzene ring substituents is 1. The van der Waals surface area contributed by atoms with Crippen LogP contribution in [0.15, 0.2) is 48.5 Å². The predicted octanol–water partition coefficient (Wildman–Crippen LogP) is 4.82. The molecule has 7 heteroatoms. The van der Waals surface area contributed by atoms with E-state index in [1.165, 1.54) is 23.5 Å². The molecular weight excluding hydrogens is 338 g/mol. The molecule has 0 aliphatic heterocycles. The Morgan fingerprint density at radius 2 is 2.00 bits per heavy atom. The van der Waals surface area contributed by atoms with Gasteiger partial charge in [-0.3, -0.25) is 10.1 Å². The Hall–Kier alpha value is -2.44. The van der Waals surface area contributed by atoms with Crippen LogP contribution in [0.25, 0.3) is 10.1 Å². The Labute approximate surface area is 140 Å². The number of ether oxygens (including phenoxy) is 1. The number of nitro groups is 1. The van der Waals surface area contributed by atoms with Crippen LogP contribution in [0.5, 0.6) is 0 Å². The molecule has 1 heterocycles. The van der Waals surface area contributed by atoms with Crippen LogP contribution in [0.3, 0.4) is 0 Å². The summed E-state index contributed by atoms with van der Waals surface area (Å²) in [5.74, 6) is -0.539. The van der Waals surface area contributed by atoms with Crippen molar-refractivity contribution in [2.24, 2.45) is 0 Å². The number of benzene rings is 2. The van der Waals surface area contributed by atoms with Gasteiger partial charge in [-0.15, -0.1) is 11.3 Å². The number of halogens is 1. The number of carbonyl (C=O) groups is 1. The normalized spacial score (nSPS) is 10.7. The quantitative estimate of drug-likeness (QED) is 0.385. The van der Waals surface area contributed by atoms with Gasteiger partial charge in [-0.1, -0.05) is 41.9 Å². The van der Waals surface area contributed by atoms with Crippen LogP contribution >= 0.6 is 22.9 Å².